The molecule has 1 aromatic carbocycles. The molecule has 0 N–H and O–H groups in total. The van der Waals surface area contributed by atoms with Crippen molar-refractivity contribution in [3.05, 3.63) is 68.4 Å². The van der Waals surface area contributed by atoms with Crippen LogP contribution in [-0.4, -0.2) is 22.3 Å². The van der Waals surface area contributed by atoms with Crippen molar-refractivity contribution in [1.82, 2.24) is 4.90 Å². The van der Waals surface area contributed by atoms with Crippen LogP contribution in [-0.2, 0) is 4.79 Å². The summed E-state index contributed by atoms with van der Waals surface area (Å²) in [6.45, 7) is 0.725. The van der Waals surface area contributed by atoms with E-state index in [4.69, 9.17) is 0 Å². The van der Waals surface area contributed by atoms with Gasteiger partial charge in [0.05, 0.1) is 16.5 Å². The van der Waals surface area contributed by atoms with Gasteiger partial charge in [0.2, 0.25) is 5.91 Å². The number of amides is 1. The van der Waals surface area contributed by atoms with Crippen molar-refractivity contribution in [1.29, 1.82) is 0 Å². The largest absolute Gasteiger partial charge is 0.331 e. The van der Waals surface area contributed by atoms with E-state index in [1.165, 1.54) is 23.1 Å². The SMILES string of the molecule is O=C(/C=C/c1ccccc1[N+](=O)[O-])N1CCCC1c1cccs1. The zero-order valence-electron chi connectivity index (χ0n) is 12.4. The highest BCUT2D eigenvalue weighted by molar-refractivity contribution is 7.10. The maximum Gasteiger partial charge on any atom is 0.276 e. The van der Waals surface area contributed by atoms with E-state index in [9.17, 15) is 14.9 Å². The average Bonchev–Trinajstić information content (AvgIpc) is 3.23. The number of rotatable bonds is 4. The molecule has 1 aliphatic rings. The van der Waals surface area contributed by atoms with Crippen molar-refractivity contribution >= 4 is 29.0 Å². The molecule has 0 saturated carbocycles. The van der Waals surface area contributed by atoms with Crippen molar-refractivity contribution in [3.63, 3.8) is 0 Å². The van der Waals surface area contributed by atoms with Crippen LogP contribution in [0.15, 0.2) is 47.9 Å². The molecule has 1 fully saturated rings. The summed E-state index contributed by atoms with van der Waals surface area (Å²) in [6.07, 6.45) is 4.91. The van der Waals surface area contributed by atoms with E-state index in [0.29, 0.717) is 5.56 Å². The van der Waals surface area contributed by atoms with Gasteiger partial charge in [0, 0.05) is 23.6 Å². The van der Waals surface area contributed by atoms with E-state index in [2.05, 4.69) is 0 Å². The van der Waals surface area contributed by atoms with Gasteiger partial charge in [-0.15, -0.1) is 11.3 Å². The second kappa shape index (κ2) is 6.75. The number of thiophene rings is 1. The minimum absolute atomic E-state index is 0.00720. The maximum atomic E-state index is 12.5. The van der Waals surface area contributed by atoms with Crippen LogP contribution < -0.4 is 0 Å². The van der Waals surface area contributed by atoms with Gasteiger partial charge in [-0.2, -0.15) is 0 Å². The Balaban J connectivity index is 1.78. The van der Waals surface area contributed by atoms with Crippen molar-refractivity contribution in [2.75, 3.05) is 6.54 Å². The molecule has 3 rings (SSSR count). The molecular formula is C17H16N2O3S. The molecule has 0 aliphatic carbocycles. The Bertz CT molecular complexity index is 740. The van der Waals surface area contributed by atoms with Gasteiger partial charge in [-0.3, -0.25) is 14.9 Å². The fraction of sp³-hybridized carbons (Fsp3) is 0.235. The Morgan fingerprint density at radius 2 is 2.13 bits per heavy atom. The molecule has 1 atom stereocenters. The topological polar surface area (TPSA) is 63.4 Å². The number of carbonyl (C=O) groups is 1. The van der Waals surface area contributed by atoms with E-state index in [1.807, 2.05) is 22.4 Å². The van der Waals surface area contributed by atoms with Crippen LogP contribution in [0.3, 0.4) is 0 Å². The summed E-state index contributed by atoms with van der Waals surface area (Å²) in [5.41, 5.74) is 0.450. The molecule has 2 heterocycles. The van der Waals surface area contributed by atoms with Gasteiger partial charge in [-0.1, -0.05) is 18.2 Å². The number of nitro groups is 1. The molecule has 1 saturated heterocycles. The predicted octanol–water partition coefficient (Wildman–Crippen LogP) is 4.03. The first-order valence-corrected chi connectivity index (χ1v) is 8.30. The van der Waals surface area contributed by atoms with Gasteiger partial charge in [-0.25, -0.2) is 0 Å². The third-order valence-electron chi connectivity index (χ3n) is 3.95. The maximum absolute atomic E-state index is 12.5. The van der Waals surface area contributed by atoms with Gasteiger partial charge < -0.3 is 4.90 Å². The molecule has 0 bridgehead atoms. The summed E-state index contributed by atoms with van der Waals surface area (Å²) >= 11 is 1.65. The lowest BCUT2D eigenvalue weighted by Gasteiger charge is -2.22. The van der Waals surface area contributed by atoms with Crippen LogP contribution in [0, 0.1) is 10.1 Å². The standard InChI is InChI=1S/C17H16N2O3S/c20-17(10-9-13-5-1-2-6-14(13)19(21)22)18-11-3-7-15(18)16-8-4-12-23-16/h1-2,4-6,8-10,12,15H,3,7,11H2/b10-9+. The lowest BCUT2D eigenvalue weighted by atomic mass is 10.1. The van der Waals surface area contributed by atoms with Crippen molar-refractivity contribution in [3.8, 4) is 0 Å². The number of hydrogen-bond donors (Lipinski definition) is 0. The predicted molar refractivity (Wildman–Crippen MR) is 90.1 cm³/mol. The van der Waals surface area contributed by atoms with Gasteiger partial charge in [0.25, 0.3) is 5.69 Å². The normalized spacial score (nSPS) is 17.7. The zero-order valence-corrected chi connectivity index (χ0v) is 13.2. The number of benzene rings is 1. The minimum atomic E-state index is -0.436. The molecule has 1 unspecified atom stereocenters. The average molecular weight is 328 g/mol. The van der Waals surface area contributed by atoms with Gasteiger partial charge >= 0.3 is 0 Å². The fourth-order valence-corrected chi connectivity index (χ4v) is 3.73. The summed E-state index contributed by atoms with van der Waals surface area (Å²) in [7, 11) is 0. The zero-order chi connectivity index (χ0) is 16.2. The van der Waals surface area contributed by atoms with Crippen LogP contribution in [0.5, 0.6) is 0 Å². The second-order valence-corrected chi connectivity index (χ2v) is 6.33. The van der Waals surface area contributed by atoms with Crippen LogP contribution in [0.4, 0.5) is 5.69 Å². The minimum Gasteiger partial charge on any atom is -0.331 e. The molecule has 118 valence electrons. The summed E-state index contributed by atoms with van der Waals surface area (Å²) in [5.74, 6) is -0.0981. The third-order valence-corrected chi connectivity index (χ3v) is 4.92. The smallest absolute Gasteiger partial charge is 0.276 e. The molecule has 1 aliphatic heterocycles. The molecule has 1 amide bonds. The molecular weight excluding hydrogens is 312 g/mol. The Morgan fingerprint density at radius 3 is 2.87 bits per heavy atom. The highest BCUT2D eigenvalue weighted by Gasteiger charge is 2.29. The number of para-hydroxylation sites is 1. The lowest BCUT2D eigenvalue weighted by Crippen LogP contribution is -2.28. The molecule has 1 aromatic heterocycles. The van der Waals surface area contributed by atoms with Crippen LogP contribution >= 0.6 is 11.3 Å². The van der Waals surface area contributed by atoms with Crippen molar-refractivity contribution < 1.29 is 9.72 Å². The quantitative estimate of drug-likeness (QED) is 0.483. The van der Waals surface area contributed by atoms with Crippen LogP contribution in [0.1, 0.15) is 29.3 Å². The number of likely N-dealkylation sites (tertiary alicyclic amines) is 1. The third kappa shape index (κ3) is 3.32. The Hall–Kier alpha value is -2.47. The van der Waals surface area contributed by atoms with Gasteiger partial charge in [0.1, 0.15) is 0 Å². The fourth-order valence-electron chi connectivity index (χ4n) is 2.86. The molecule has 5 nitrogen and oxygen atoms in total. The van der Waals surface area contributed by atoms with E-state index in [-0.39, 0.29) is 17.6 Å². The van der Waals surface area contributed by atoms with Crippen LogP contribution in [0.25, 0.3) is 6.08 Å². The molecule has 0 radical (unpaired) electrons. The summed E-state index contributed by atoms with van der Waals surface area (Å²) in [4.78, 5) is 26.1. The molecule has 6 heteroatoms. The second-order valence-electron chi connectivity index (χ2n) is 5.35. The highest BCUT2D eigenvalue weighted by Crippen LogP contribution is 2.34. The monoisotopic (exact) mass is 328 g/mol. The molecule has 2 aromatic rings. The summed E-state index contributed by atoms with van der Waals surface area (Å²) in [5, 5.41) is 13.0. The number of carbonyl (C=O) groups excluding carboxylic acids is 1. The first-order valence-electron chi connectivity index (χ1n) is 7.42. The van der Waals surface area contributed by atoms with Gasteiger partial charge in [-0.05, 0) is 36.4 Å². The number of hydrogen-bond acceptors (Lipinski definition) is 4. The van der Waals surface area contributed by atoms with E-state index < -0.39 is 4.92 Å². The Morgan fingerprint density at radius 1 is 1.30 bits per heavy atom. The van der Waals surface area contributed by atoms with E-state index in [1.54, 1.807) is 29.5 Å². The van der Waals surface area contributed by atoms with Crippen molar-refractivity contribution in [2.45, 2.75) is 18.9 Å². The van der Waals surface area contributed by atoms with Crippen LogP contribution in [0.2, 0.25) is 0 Å². The molecule has 0 spiro atoms. The van der Waals surface area contributed by atoms with Gasteiger partial charge in [0.15, 0.2) is 0 Å². The van der Waals surface area contributed by atoms with E-state index >= 15 is 0 Å². The first-order chi connectivity index (χ1) is 11.2. The Kier molecular flexibility index (Phi) is 4.52. The Labute approximate surface area is 138 Å². The molecule has 23 heavy (non-hydrogen) atoms. The van der Waals surface area contributed by atoms with Crippen molar-refractivity contribution in [2.24, 2.45) is 0 Å². The lowest BCUT2D eigenvalue weighted by molar-refractivity contribution is -0.385. The number of nitro benzene ring substituents is 1. The number of nitrogens with zero attached hydrogens (tertiary/aromatic N) is 2. The highest BCUT2D eigenvalue weighted by atomic mass is 32.1. The summed E-state index contributed by atoms with van der Waals surface area (Å²) in [6, 6.07) is 10.6. The summed E-state index contributed by atoms with van der Waals surface area (Å²) < 4.78 is 0. The first kappa shape index (κ1) is 15.4. The van der Waals surface area contributed by atoms with E-state index in [0.717, 1.165) is 19.4 Å².